The molecule has 0 spiro atoms. The first kappa shape index (κ1) is 28.4. The summed E-state index contributed by atoms with van der Waals surface area (Å²) in [4.78, 5) is 2.22. The SMILES string of the molecule is BrC1CCCCCCCCCCC(C2CCCC(Br)CC(I)CCCC(Br)C2)CC1. The van der Waals surface area contributed by atoms with Crippen molar-refractivity contribution in [2.45, 2.75) is 147 Å². The number of rotatable bonds is 1. The lowest BCUT2D eigenvalue weighted by Crippen LogP contribution is -2.21. The van der Waals surface area contributed by atoms with E-state index in [-0.39, 0.29) is 0 Å². The zero-order valence-corrected chi connectivity index (χ0v) is 26.0. The van der Waals surface area contributed by atoms with Crippen LogP contribution in [0.25, 0.3) is 0 Å². The molecule has 2 aliphatic rings. The first-order valence-corrected chi connectivity index (χ1v) is 17.1. The third kappa shape index (κ3) is 13.2. The van der Waals surface area contributed by atoms with Gasteiger partial charge in [-0.2, -0.15) is 0 Å². The van der Waals surface area contributed by atoms with Crippen LogP contribution in [-0.4, -0.2) is 18.4 Å². The van der Waals surface area contributed by atoms with E-state index < -0.39 is 0 Å². The van der Waals surface area contributed by atoms with Crippen molar-refractivity contribution < 1.29 is 0 Å². The monoisotopic (exact) mass is 722 g/mol. The molecule has 2 fully saturated rings. The van der Waals surface area contributed by atoms with E-state index in [1.54, 1.807) is 0 Å². The van der Waals surface area contributed by atoms with Crippen molar-refractivity contribution in [3.8, 4) is 0 Å². The first-order valence-electron chi connectivity index (χ1n) is 13.1. The summed E-state index contributed by atoms with van der Waals surface area (Å²) in [5.41, 5.74) is 0. The van der Waals surface area contributed by atoms with Crippen LogP contribution in [0.4, 0.5) is 0 Å². The van der Waals surface area contributed by atoms with Gasteiger partial charge in [0.25, 0.3) is 0 Å². The maximum absolute atomic E-state index is 4.11. The van der Waals surface area contributed by atoms with E-state index in [0.717, 1.165) is 30.2 Å². The summed E-state index contributed by atoms with van der Waals surface area (Å²) in [7, 11) is 0. The van der Waals surface area contributed by atoms with Crippen LogP contribution in [0.15, 0.2) is 0 Å². The number of alkyl halides is 4. The molecule has 0 aliphatic heterocycles. The summed E-state index contributed by atoms with van der Waals surface area (Å²) in [6.07, 6.45) is 28.6. The summed E-state index contributed by atoms with van der Waals surface area (Å²) < 4.78 is 0.845. The Morgan fingerprint density at radius 1 is 0.400 bits per heavy atom. The zero-order valence-electron chi connectivity index (χ0n) is 19.1. The Morgan fingerprint density at radius 2 is 0.900 bits per heavy atom. The van der Waals surface area contributed by atoms with Crippen LogP contribution in [0.2, 0.25) is 0 Å². The molecule has 0 aromatic heterocycles. The molecule has 6 unspecified atom stereocenters. The van der Waals surface area contributed by atoms with Gasteiger partial charge in [-0.1, -0.05) is 147 Å². The van der Waals surface area contributed by atoms with Gasteiger partial charge in [0.1, 0.15) is 0 Å². The normalized spacial score (nSPS) is 38.0. The van der Waals surface area contributed by atoms with E-state index in [4.69, 9.17) is 0 Å². The van der Waals surface area contributed by atoms with Crippen molar-refractivity contribution >= 4 is 70.4 Å². The predicted molar refractivity (Wildman–Crippen MR) is 155 cm³/mol. The first-order chi connectivity index (χ1) is 14.5. The fraction of sp³-hybridized carbons (Fsp3) is 1.00. The number of halogens is 4. The van der Waals surface area contributed by atoms with E-state index >= 15 is 0 Å². The molecule has 0 N–H and O–H groups in total. The van der Waals surface area contributed by atoms with Gasteiger partial charge in [-0.25, -0.2) is 0 Å². The minimum absolute atomic E-state index is 0.732. The molecule has 2 rings (SSSR count). The van der Waals surface area contributed by atoms with Crippen molar-refractivity contribution in [2.24, 2.45) is 11.8 Å². The summed E-state index contributed by atoms with van der Waals surface area (Å²) in [5, 5.41) is 0. The Bertz CT molecular complexity index is 419. The molecule has 4 heteroatoms. The molecule has 0 aromatic rings. The lowest BCUT2D eigenvalue weighted by molar-refractivity contribution is 0.240. The minimum atomic E-state index is 0.732. The van der Waals surface area contributed by atoms with Crippen LogP contribution in [0.3, 0.4) is 0 Å². The Labute approximate surface area is 227 Å². The van der Waals surface area contributed by atoms with Crippen LogP contribution < -0.4 is 0 Å². The number of hydrogen-bond acceptors (Lipinski definition) is 0. The van der Waals surface area contributed by atoms with Gasteiger partial charge in [-0.15, -0.1) is 0 Å². The van der Waals surface area contributed by atoms with Crippen molar-refractivity contribution in [2.75, 3.05) is 0 Å². The van der Waals surface area contributed by atoms with Gasteiger partial charge in [0, 0.05) is 18.4 Å². The molecule has 0 radical (unpaired) electrons. The molecule has 0 aromatic carbocycles. The third-order valence-electron chi connectivity index (χ3n) is 7.56. The summed E-state index contributed by atoms with van der Waals surface area (Å²) in [6.45, 7) is 0. The molecule has 0 saturated heterocycles. The molecule has 0 heterocycles. The van der Waals surface area contributed by atoms with E-state index in [1.807, 2.05) is 0 Å². The van der Waals surface area contributed by atoms with Gasteiger partial charge >= 0.3 is 0 Å². The molecule has 178 valence electrons. The highest BCUT2D eigenvalue weighted by Gasteiger charge is 2.26. The van der Waals surface area contributed by atoms with Crippen molar-refractivity contribution in [3.05, 3.63) is 0 Å². The lowest BCUT2D eigenvalue weighted by Gasteiger charge is -2.31. The summed E-state index contributed by atoms with van der Waals surface area (Å²) in [5.74, 6) is 1.87. The summed E-state index contributed by atoms with van der Waals surface area (Å²) >= 11 is 14.9. The lowest BCUT2D eigenvalue weighted by atomic mass is 9.77. The Hall–Kier alpha value is 2.17. The van der Waals surface area contributed by atoms with E-state index in [1.165, 1.54) is 128 Å². The second-order valence-corrected chi connectivity index (χ2v) is 15.9. The van der Waals surface area contributed by atoms with Gasteiger partial charge in [-0.05, 0) is 63.2 Å². The van der Waals surface area contributed by atoms with Crippen LogP contribution in [0.5, 0.6) is 0 Å². The van der Waals surface area contributed by atoms with Crippen LogP contribution in [0.1, 0.15) is 128 Å². The molecular formula is C26H46Br3I. The third-order valence-corrected chi connectivity index (χ3v) is 11.3. The quantitative estimate of drug-likeness (QED) is 0.187. The molecule has 0 nitrogen and oxygen atoms in total. The topological polar surface area (TPSA) is 0 Å². The van der Waals surface area contributed by atoms with E-state index in [9.17, 15) is 0 Å². The highest BCUT2D eigenvalue weighted by Crippen LogP contribution is 2.37. The fourth-order valence-corrected chi connectivity index (χ4v) is 9.58. The molecule has 0 amide bonds. The molecule has 6 atom stereocenters. The standard InChI is InChI=1S/C26H46Br3I/c27-23-13-8-6-4-2-1-3-5-7-11-21(17-18-23)22-12-9-14-25(29)20-26(30)16-10-15-24(28)19-22/h21-26H,1-20H2. The van der Waals surface area contributed by atoms with Crippen molar-refractivity contribution in [1.82, 2.24) is 0 Å². The average Bonchev–Trinajstić information content (AvgIpc) is 2.69. The molecule has 0 bridgehead atoms. The molecule has 30 heavy (non-hydrogen) atoms. The Kier molecular flexibility index (Phi) is 16.6. The largest absolute Gasteiger partial charge is 0.0891 e. The maximum Gasteiger partial charge on any atom is 0.0155 e. The van der Waals surface area contributed by atoms with Crippen LogP contribution in [0, 0.1) is 11.8 Å². The van der Waals surface area contributed by atoms with E-state index in [2.05, 4.69) is 70.4 Å². The van der Waals surface area contributed by atoms with Gasteiger partial charge in [0.2, 0.25) is 0 Å². The summed E-state index contributed by atoms with van der Waals surface area (Å²) in [6, 6.07) is 0. The van der Waals surface area contributed by atoms with Gasteiger partial charge in [0.15, 0.2) is 0 Å². The molecule has 2 saturated carbocycles. The van der Waals surface area contributed by atoms with Crippen molar-refractivity contribution in [1.29, 1.82) is 0 Å². The van der Waals surface area contributed by atoms with Crippen molar-refractivity contribution in [3.63, 3.8) is 0 Å². The molecular weight excluding hydrogens is 679 g/mol. The van der Waals surface area contributed by atoms with Gasteiger partial charge in [0.05, 0.1) is 0 Å². The van der Waals surface area contributed by atoms with Crippen LogP contribution >= 0.6 is 70.4 Å². The Balaban J connectivity index is 1.97. The number of hydrogen-bond donors (Lipinski definition) is 0. The van der Waals surface area contributed by atoms with Crippen LogP contribution in [-0.2, 0) is 0 Å². The smallest absolute Gasteiger partial charge is 0.0155 e. The van der Waals surface area contributed by atoms with Gasteiger partial charge in [-0.3, -0.25) is 0 Å². The second kappa shape index (κ2) is 17.6. The van der Waals surface area contributed by atoms with Gasteiger partial charge < -0.3 is 0 Å². The van der Waals surface area contributed by atoms with E-state index in [0.29, 0.717) is 0 Å². The highest BCUT2D eigenvalue weighted by atomic mass is 127. The fourth-order valence-electron chi connectivity index (χ4n) is 5.66. The zero-order chi connectivity index (χ0) is 21.6. The average molecular weight is 725 g/mol. The minimum Gasteiger partial charge on any atom is -0.0891 e. The highest BCUT2D eigenvalue weighted by molar-refractivity contribution is 14.1. The Morgan fingerprint density at radius 3 is 1.60 bits per heavy atom. The predicted octanol–water partition coefficient (Wildman–Crippen LogP) is 11.1. The maximum atomic E-state index is 4.11. The molecule has 2 aliphatic carbocycles. The second-order valence-electron chi connectivity index (χ2n) is 10.2.